The van der Waals surface area contributed by atoms with Crippen LogP contribution < -0.4 is 4.90 Å². The van der Waals surface area contributed by atoms with Crippen LogP contribution in [0.1, 0.15) is 48.7 Å². The Hall–Kier alpha value is -2.64. The van der Waals surface area contributed by atoms with Crippen LogP contribution in [0.3, 0.4) is 0 Å². The fraction of sp³-hybridized carbons (Fsp3) is 0.370. The van der Waals surface area contributed by atoms with E-state index in [1.165, 1.54) is 16.0 Å². The lowest BCUT2D eigenvalue weighted by Gasteiger charge is -2.20. The smallest absolute Gasteiger partial charge is 0.229 e. The molecule has 4 aromatic rings. The van der Waals surface area contributed by atoms with E-state index in [-0.39, 0.29) is 5.91 Å². The van der Waals surface area contributed by atoms with Gasteiger partial charge >= 0.3 is 0 Å². The molecule has 0 spiro atoms. The van der Waals surface area contributed by atoms with Gasteiger partial charge in [-0.15, -0.1) is 11.8 Å². The van der Waals surface area contributed by atoms with Gasteiger partial charge in [-0.3, -0.25) is 14.4 Å². The number of carbonyl (C=O) groups excluding carboxylic acids is 1. The van der Waals surface area contributed by atoms with Gasteiger partial charge in [0.15, 0.2) is 5.13 Å². The standard InChI is InChI=1S/C27H32N4OS2/c1-18(2)23-7-6-8-24-26(23)28-27(34-24)30(14-15-31-21(5)17-20(4)29-31)25(32)13-16-33-22-11-9-19(3)10-12-22/h6-12,17-18H,13-16H2,1-5H3. The van der Waals surface area contributed by atoms with Gasteiger partial charge in [0.05, 0.1) is 22.5 Å². The predicted octanol–water partition coefficient (Wildman–Crippen LogP) is 6.76. The number of thiazole rings is 1. The first-order valence-corrected chi connectivity index (χ1v) is 13.5. The second kappa shape index (κ2) is 10.7. The number of hydrogen-bond acceptors (Lipinski definition) is 5. The zero-order chi connectivity index (χ0) is 24.2. The lowest BCUT2D eigenvalue weighted by atomic mass is 10.0. The third-order valence-corrected chi connectivity index (χ3v) is 7.89. The number of fused-ring (bicyclic) bond motifs is 1. The monoisotopic (exact) mass is 492 g/mol. The van der Waals surface area contributed by atoms with Gasteiger partial charge in [0.2, 0.25) is 5.91 Å². The SMILES string of the molecule is Cc1ccc(SCCC(=O)N(CCn2nc(C)cc2C)c2nc3c(C(C)C)cccc3s2)cc1. The number of amides is 1. The number of carbonyl (C=O) groups is 1. The van der Waals surface area contributed by atoms with E-state index < -0.39 is 0 Å². The normalized spacial score (nSPS) is 11.5. The first-order chi connectivity index (χ1) is 16.3. The lowest BCUT2D eigenvalue weighted by Crippen LogP contribution is -2.34. The molecule has 0 saturated heterocycles. The number of rotatable bonds is 9. The van der Waals surface area contributed by atoms with Gasteiger partial charge in [0, 0.05) is 29.3 Å². The average Bonchev–Trinajstić information content (AvgIpc) is 3.37. The Kier molecular flexibility index (Phi) is 7.73. The summed E-state index contributed by atoms with van der Waals surface area (Å²) in [6.45, 7) is 11.7. The first-order valence-electron chi connectivity index (χ1n) is 11.7. The van der Waals surface area contributed by atoms with Gasteiger partial charge in [-0.05, 0) is 56.5 Å². The molecule has 0 aliphatic heterocycles. The molecule has 0 unspecified atom stereocenters. The van der Waals surface area contributed by atoms with Crippen LogP contribution in [0.2, 0.25) is 0 Å². The molecule has 7 heteroatoms. The largest absolute Gasteiger partial charge is 0.286 e. The number of aromatic nitrogens is 3. The molecular weight excluding hydrogens is 460 g/mol. The summed E-state index contributed by atoms with van der Waals surface area (Å²) in [5.74, 6) is 1.22. The third kappa shape index (κ3) is 5.70. The summed E-state index contributed by atoms with van der Waals surface area (Å²) in [6, 6.07) is 16.8. The van der Waals surface area contributed by atoms with E-state index in [2.05, 4.69) is 81.3 Å². The molecule has 0 aliphatic rings. The molecule has 34 heavy (non-hydrogen) atoms. The Morgan fingerprint density at radius 3 is 2.56 bits per heavy atom. The molecule has 0 aliphatic carbocycles. The highest BCUT2D eigenvalue weighted by atomic mass is 32.2. The number of nitrogens with zero attached hydrogens (tertiary/aromatic N) is 4. The molecule has 2 aromatic carbocycles. The molecule has 5 nitrogen and oxygen atoms in total. The van der Waals surface area contributed by atoms with Gasteiger partial charge in [0.25, 0.3) is 0 Å². The highest BCUT2D eigenvalue weighted by molar-refractivity contribution is 7.99. The molecule has 178 valence electrons. The van der Waals surface area contributed by atoms with Crippen molar-refractivity contribution >= 4 is 44.4 Å². The number of thioether (sulfide) groups is 1. The molecule has 0 fully saturated rings. The van der Waals surface area contributed by atoms with E-state index in [0.29, 0.717) is 25.4 Å². The Labute approximate surface area is 210 Å². The molecule has 2 heterocycles. The third-order valence-electron chi connectivity index (χ3n) is 5.84. The van der Waals surface area contributed by atoms with Crippen molar-refractivity contribution in [1.29, 1.82) is 0 Å². The number of aryl methyl sites for hydroxylation is 3. The summed E-state index contributed by atoms with van der Waals surface area (Å²) in [5.41, 5.74) is 5.57. The zero-order valence-corrected chi connectivity index (χ0v) is 22.2. The highest BCUT2D eigenvalue weighted by Crippen LogP contribution is 2.34. The predicted molar refractivity (Wildman–Crippen MR) is 144 cm³/mol. The molecule has 0 bridgehead atoms. The maximum absolute atomic E-state index is 13.4. The first kappa shape index (κ1) is 24.5. The van der Waals surface area contributed by atoms with Crippen molar-refractivity contribution in [3.05, 3.63) is 71.0 Å². The van der Waals surface area contributed by atoms with Crippen molar-refractivity contribution in [2.24, 2.45) is 0 Å². The lowest BCUT2D eigenvalue weighted by molar-refractivity contribution is -0.118. The Morgan fingerprint density at radius 2 is 1.88 bits per heavy atom. The summed E-state index contributed by atoms with van der Waals surface area (Å²) in [7, 11) is 0. The van der Waals surface area contributed by atoms with Crippen molar-refractivity contribution in [1.82, 2.24) is 14.8 Å². The van der Waals surface area contributed by atoms with Crippen LogP contribution in [0.5, 0.6) is 0 Å². The van der Waals surface area contributed by atoms with Crippen molar-refractivity contribution in [3.63, 3.8) is 0 Å². The van der Waals surface area contributed by atoms with Crippen LogP contribution in [-0.2, 0) is 11.3 Å². The van der Waals surface area contributed by atoms with Crippen LogP contribution >= 0.6 is 23.1 Å². The summed E-state index contributed by atoms with van der Waals surface area (Å²) in [6.07, 6.45) is 0.461. The van der Waals surface area contributed by atoms with Crippen molar-refractivity contribution in [3.8, 4) is 0 Å². The van der Waals surface area contributed by atoms with Gasteiger partial charge in [-0.1, -0.05) is 55.0 Å². The molecule has 4 rings (SSSR count). The van der Waals surface area contributed by atoms with E-state index in [1.54, 1.807) is 23.1 Å². The topological polar surface area (TPSA) is 51.0 Å². The molecule has 2 aromatic heterocycles. The Bertz CT molecular complexity index is 1270. The van der Waals surface area contributed by atoms with E-state index in [4.69, 9.17) is 4.98 Å². The number of anilines is 1. The summed E-state index contributed by atoms with van der Waals surface area (Å²) in [4.78, 5) is 21.5. The van der Waals surface area contributed by atoms with Gasteiger partial charge in [0.1, 0.15) is 0 Å². The molecule has 0 radical (unpaired) electrons. The van der Waals surface area contributed by atoms with Crippen molar-refractivity contribution < 1.29 is 4.79 Å². The summed E-state index contributed by atoms with van der Waals surface area (Å²) < 4.78 is 3.10. The fourth-order valence-electron chi connectivity index (χ4n) is 3.99. The second-order valence-electron chi connectivity index (χ2n) is 8.95. The van der Waals surface area contributed by atoms with Crippen LogP contribution in [0, 0.1) is 20.8 Å². The minimum atomic E-state index is 0.103. The number of benzene rings is 2. The number of hydrogen-bond donors (Lipinski definition) is 0. The van der Waals surface area contributed by atoms with E-state index in [0.717, 1.165) is 32.5 Å². The quantitative estimate of drug-likeness (QED) is 0.242. The van der Waals surface area contributed by atoms with Crippen LogP contribution in [0.4, 0.5) is 5.13 Å². The van der Waals surface area contributed by atoms with Crippen LogP contribution in [-0.4, -0.2) is 33.0 Å². The van der Waals surface area contributed by atoms with Crippen LogP contribution in [0.15, 0.2) is 53.4 Å². The molecular formula is C27H32N4OS2. The fourth-order valence-corrected chi connectivity index (χ4v) is 5.87. The molecule has 0 atom stereocenters. The summed E-state index contributed by atoms with van der Waals surface area (Å²) >= 11 is 3.32. The van der Waals surface area contributed by atoms with Gasteiger partial charge in [-0.2, -0.15) is 5.10 Å². The van der Waals surface area contributed by atoms with E-state index in [9.17, 15) is 4.79 Å². The van der Waals surface area contributed by atoms with E-state index in [1.807, 2.05) is 16.5 Å². The maximum atomic E-state index is 13.4. The maximum Gasteiger partial charge on any atom is 0.229 e. The minimum Gasteiger partial charge on any atom is -0.286 e. The second-order valence-corrected chi connectivity index (χ2v) is 11.1. The molecule has 1 amide bonds. The van der Waals surface area contributed by atoms with Crippen molar-refractivity contribution in [2.45, 2.75) is 58.4 Å². The molecule has 0 saturated carbocycles. The van der Waals surface area contributed by atoms with Gasteiger partial charge in [-0.25, -0.2) is 4.98 Å². The van der Waals surface area contributed by atoms with E-state index >= 15 is 0 Å². The average molecular weight is 493 g/mol. The van der Waals surface area contributed by atoms with Crippen molar-refractivity contribution in [2.75, 3.05) is 17.2 Å². The Balaban J connectivity index is 1.55. The molecule has 0 N–H and O–H groups in total. The highest BCUT2D eigenvalue weighted by Gasteiger charge is 2.21. The van der Waals surface area contributed by atoms with Crippen LogP contribution in [0.25, 0.3) is 10.2 Å². The van der Waals surface area contributed by atoms with Gasteiger partial charge < -0.3 is 0 Å². The summed E-state index contributed by atoms with van der Waals surface area (Å²) in [5, 5.41) is 5.35. The minimum absolute atomic E-state index is 0.103. The number of para-hydroxylation sites is 1. The Morgan fingerprint density at radius 1 is 1.12 bits per heavy atom. The zero-order valence-electron chi connectivity index (χ0n) is 20.5.